The van der Waals surface area contributed by atoms with Crippen LogP contribution in [-0.4, -0.2) is 72.0 Å². The lowest BCUT2D eigenvalue weighted by atomic mass is 10.1. The first-order valence-corrected chi connectivity index (χ1v) is 7.67. The molecule has 0 atom stereocenters. The van der Waals surface area contributed by atoms with Crippen LogP contribution < -0.4 is 5.32 Å². The molecule has 0 aliphatic rings. The van der Waals surface area contributed by atoms with E-state index in [1.165, 1.54) is 12.3 Å². The monoisotopic (exact) mass is 322 g/mol. The van der Waals surface area contributed by atoms with Gasteiger partial charge in [0.15, 0.2) is 0 Å². The highest BCUT2D eigenvalue weighted by Gasteiger charge is 2.13. The number of carboxylic acids is 1. The number of rotatable bonds is 9. The lowest BCUT2D eigenvalue weighted by Gasteiger charge is -2.23. The Bertz CT molecular complexity index is 546. The largest absolute Gasteiger partial charge is 0.478 e. The van der Waals surface area contributed by atoms with Gasteiger partial charge in [0.2, 0.25) is 5.91 Å². The van der Waals surface area contributed by atoms with Gasteiger partial charge in [0.25, 0.3) is 0 Å². The number of amides is 1. The molecule has 1 heterocycles. The Morgan fingerprint density at radius 2 is 2.00 bits per heavy atom. The van der Waals surface area contributed by atoms with Crippen LogP contribution in [0.5, 0.6) is 0 Å². The minimum atomic E-state index is -0.969. The summed E-state index contributed by atoms with van der Waals surface area (Å²) in [5, 5.41) is 12.1. The maximum absolute atomic E-state index is 12.2. The van der Waals surface area contributed by atoms with Crippen molar-refractivity contribution in [3.05, 3.63) is 29.1 Å². The highest BCUT2D eigenvalue weighted by atomic mass is 16.4. The van der Waals surface area contributed by atoms with Crippen molar-refractivity contribution in [1.29, 1.82) is 0 Å². The molecule has 0 bridgehead atoms. The number of likely N-dealkylation sites (N-methyl/N-ethyl adjacent to an activating group) is 2. The number of carbonyl (C=O) groups is 2. The van der Waals surface area contributed by atoms with E-state index in [2.05, 4.69) is 10.3 Å². The van der Waals surface area contributed by atoms with Crippen molar-refractivity contribution in [2.24, 2.45) is 0 Å². The molecule has 0 aromatic carbocycles. The number of aromatic carboxylic acids is 1. The molecule has 0 saturated heterocycles. The molecule has 1 aromatic rings. The smallest absolute Gasteiger partial charge is 0.336 e. The van der Waals surface area contributed by atoms with Crippen LogP contribution in [0.2, 0.25) is 0 Å². The Morgan fingerprint density at radius 1 is 1.30 bits per heavy atom. The van der Waals surface area contributed by atoms with E-state index in [-0.39, 0.29) is 18.0 Å². The molecule has 0 unspecified atom stereocenters. The number of nitrogens with one attached hydrogen (secondary N) is 1. The van der Waals surface area contributed by atoms with Crippen molar-refractivity contribution in [3.63, 3.8) is 0 Å². The van der Waals surface area contributed by atoms with Crippen LogP contribution in [0.4, 0.5) is 0 Å². The van der Waals surface area contributed by atoms with E-state index in [4.69, 9.17) is 5.11 Å². The standard InChI is InChI=1S/C16H26N4O3/c1-5-20(9-8-19(3)4)15(21)11-17-10-14-12(2)13(16(22)23)6-7-18-14/h6-7,17H,5,8-11H2,1-4H3,(H,22,23). The second kappa shape index (κ2) is 9.22. The van der Waals surface area contributed by atoms with Gasteiger partial charge in [-0.25, -0.2) is 4.79 Å². The zero-order valence-electron chi connectivity index (χ0n) is 14.3. The van der Waals surface area contributed by atoms with Gasteiger partial charge < -0.3 is 20.2 Å². The summed E-state index contributed by atoms with van der Waals surface area (Å²) in [7, 11) is 3.95. The number of carbonyl (C=O) groups excluding carboxylic acids is 1. The van der Waals surface area contributed by atoms with Crippen molar-refractivity contribution >= 4 is 11.9 Å². The number of hydrogen-bond acceptors (Lipinski definition) is 5. The number of hydrogen-bond donors (Lipinski definition) is 2. The quantitative estimate of drug-likeness (QED) is 0.692. The lowest BCUT2D eigenvalue weighted by Crippen LogP contribution is -2.41. The summed E-state index contributed by atoms with van der Waals surface area (Å²) in [6, 6.07) is 1.48. The average Bonchev–Trinajstić information content (AvgIpc) is 2.49. The third kappa shape index (κ3) is 5.96. The Balaban J connectivity index is 2.54. The maximum Gasteiger partial charge on any atom is 0.336 e. The van der Waals surface area contributed by atoms with Crippen molar-refractivity contribution in [2.75, 3.05) is 40.3 Å². The van der Waals surface area contributed by atoms with Crippen molar-refractivity contribution in [1.82, 2.24) is 20.1 Å². The van der Waals surface area contributed by atoms with E-state index in [0.717, 1.165) is 6.54 Å². The first-order chi connectivity index (χ1) is 10.9. The molecule has 0 radical (unpaired) electrons. The summed E-state index contributed by atoms with van der Waals surface area (Å²) < 4.78 is 0. The summed E-state index contributed by atoms with van der Waals surface area (Å²) >= 11 is 0. The van der Waals surface area contributed by atoms with Gasteiger partial charge in [-0.3, -0.25) is 9.78 Å². The number of pyridine rings is 1. The molecular weight excluding hydrogens is 296 g/mol. The molecule has 2 N–H and O–H groups in total. The van der Waals surface area contributed by atoms with Gasteiger partial charge in [-0.15, -0.1) is 0 Å². The summed E-state index contributed by atoms with van der Waals surface area (Å²) in [5.41, 5.74) is 1.51. The van der Waals surface area contributed by atoms with Gasteiger partial charge in [-0.1, -0.05) is 0 Å². The number of carboxylic acid groups (broad SMARTS) is 1. The van der Waals surface area contributed by atoms with Crippen molar-refractivity contribution < 1.29 is 14.7 Å². The third-order valence-electron chi connectivity index (χ3n) is 3.66. The molecule has 0 spiro atoms. The average molecular weight is 322 g/mol. The fraction of sp³-hybridized carbons (Fsp3) is 0.562. The van der Waals surface area contributed by atoms with Crippen LogP contribution >= 0.6 is 0 Å². The van der Waals surface area contributed by atoms with Crippen molar-refractivity contribution in [2.45, 2.75) is 20.4 Å². The highest BCUT2D eigenvalue weighted by Crippen LogP contribution is 2.10. The Morgan fingerprint density at radius 3 is 2.57 bits per heavy atom. The SMILES string of the molecule is CCN(CCN(C)C)C(=O)CNCc1nccc(C(=O)O)c1C. The zero-order chi connectivity index (χ0) is 17.4. The normalized spacial score (nSPS) is 10.8. The van der Waals surface area contributed by atoms with E-state index in [0.29, 0.717) is 30.9 Å². The van der Waals surface area contributed by atoms with E-state index in [9.17, 15) is 9.59 Å². The summed E-state index contributed by atoms with van der Waals surface area (Å²) in [5.74, 6) is -0.940. The molecule has 7 heteroatoms. The molecule has 1 rings (SSSR count). The van der Waals surface area contributed by atoms with Crippen molar-refractivity contribution in [3.8, 4) is 0 Å². The molecule has 1 aromatic heterocycles. The summed E-state index contributed by atoms with van der Waals surface area (Å²) in [6.07, 6.45) is 1.48. The van der Waals surface area contributed by atoms with Crippen LogP contribution in [0, 0.1) is 6.92 Å². The van der Waals surface area contributed by atoms with Gasteiger partial charge >= 0.3 is 5.97 Å². The molecule has 7 nitrogen and oxygen atoms in total. The second-order valence-corrected chi connectivity index (χ2v) is 5.62. The van der Waals surface area contributed by atoms with Gasteiger partial charge in [-0.05, 0) is 39.6 Å². The van der Waals surface area contributed by atoms with Crippen LogP contribution in [0.1, 0.15) is 28.5 Å². The molecule has 128 valence electrons. The minimum Gasteiger partial charge on any atom is -0.478 e. The summed E-state index contributed by atoms with van der Waals surface area (Å²) in [6.45, 7) is 6.43. The Labute approximate surface area is 137 Å². The second-order valence-electron chi connectivity index (χ2n) is 5.62. The topological polar surface area (TPSA) is 85.8 Å². The fourth-order valence-corrected chi connectivity index (χ4v) is 2.17. The predicted octanol–water partition coefficient (Wildman–Crippen LogP) is 0.588. The van der Waals surface area contributed by atoms with E-state index in [1.54, 1.807) is 11.8 Å². The fourth-order valence-electron chi connectivity index (χ4n) is 2.17. The maximum atomic E-state index is 12.2. The number of aromatic nitrogens is 1. The van der Waals surface area contributed by atoms with Gasteiger partial charge in [0.1, 0.15) is 0 Å². The molecule has 0 fully saturated rings. The molecule has 0 aliphatic carbocycles. The zero-order valence-corrected chi connectivity index (χ0v) is 14.3. The number of nitrogens with zero attached hydrogens (tertiary/aromatic N) is 3. The molecule has 0 aliphatic heterocycles. The lowest BCUT2D eigenvalue weighted by molar-refractivity contribution is -0.130. The molecule has 23 heavy (non-hydrogen) atoms. The minimum absolute atomic E-state index is 0.0291. The first kappa shape index (κ1) is 19.1. The van der Waals surface area contributed by atoms with E-state index in [1.807, 2.05) is 25.9 Å². The third-order valence-corrected chi connectivity index (χ3v) is 3.66. The predicted molar refractivity (Wildman–Crippen MR) is 88.4 cm³/mol. The van der Waals surface area contributed by atoms with Gasteiger partial charge in [0, 0.05) is 32.4 Å². The van der Waals surface area contributed by atoms with E-state index >= 15 is 0 Å². The Hall–Kier alpha value is -1.99. The van der Waals surface area contributed by atoms with Crippen LogP contribution in [0.3, 0.4) is 0 Å². The summed E-state index contributed by atoms with van der Waals surface area (Å²) in [4.78, 5) is 31.3. The Kier molecular flexibility index (Phi) is 7.64. The van der Waals surface area contributed by atoms with Crippen LogP contribution in [-0.2, 0) is 11.3 Å². The van der Waals surface area contributed by atoms with Gasteiger partial charge in [-0.2, -0.15) is 0 Å². The molecule has 1 amide bonds. The molecule has 0 saturated carbocycles. The molecular formula is C16H26N4O3. The first-order valence-electron chi connectivity index (χ1n) is 7.67. The highest BCUT2D eigenvalue weighted by molar-refractivity contribution is 5.89. The van der Waals surface area contributed by atoms with E-state index < -0.39 is 5.97 Å². The van der Waals surface area contributed by atoms with Crippen LogP contribution in [0.15, 0.2) is 12.3 Å². The van der Waals surface area contributed by atoms with Gasteiger partial charge in [0.05, 0.1) is 17.8 Å². The van der Waals surface area contributed by atoms with Crippen LogP contribution in [0.25, 0.3) is 0 Å².